The zero-order chi connectivity index (χ0) is 26.5. The van der Waals surface area contributed by atoms with Crippen LogP contribution in [0.2, 0.25) is 5.02 Å². The second kappa shape index (κ2) is 12.0. The lowest BCUT2D eigenvalue weighted by Crippen LogP contribution is -2.46. The minimum atomic E-state index is -0.949. The molecule has 192 valence electrons. The van der Waals surface area contributed by atoms with Crippen molar-refractivity contribution in [3.8, 4) is 11.1 Å². The summed E-state index contributed by atoms with van der Waals surface area (Å²) >= 11 is 5.77. The molecule has 0 aliphatic rings. The highest BCUT2D eigenvalue weighted by molar-refractivity contribution is 6.30. The van der Waals surface area contributed by atoms with E-state index in [0.717, 1.165) is 22.3 Å². The number of ether oxygens (including phenoxy) is 1. The number of hydrogen-bond acceptors (Lipinski definition) is 4. The lowest BCUT2D eigenvalue weighted by Gasteiger charge is -2.28. The number of nitrogens with one attached hydrogen (secondary N) is 1. The number of carboxylic acids is 1. The van der Waals surface area contributed by atoms with Gasteiger partial charge in [-0.05, 0) is 80.1 Å². The Labute approximate surface area is 216 Å². The molecule has 0 aliphatic carbocycles. The van der Waals surface area contributed by atoms with Gasteiger partial charge in [0.25, 0.3) is 0 Å². The standard InChI is InChI=1S/C29H33ClFNO4/c1-18-13-21(10-11-23(18)28(34)35)25-8-6-5-7-24(25)19(2)36-17-22(33)16-32-29(3,4)15-20-9-12-26(30)27(31)14-20/h5-14,19,22,32-33H,15-17H2,1-4H3,(H,34,35)/t19-,22+/m1/s1. The van der Waals surface area contributed by atoms with E-state index in [4.69, 9.17) is 16.3 Å². The first-order valence-electron chi connectivity index (χ1n) is 11.9. The van der Waals surface area contributed by atoms with Gasteiger partial charge >= 0.3 is 5.97 Å². The van der Waals surface area contributed by atoms with Crippen molar-refractivity contribution in [1.82, 2.24) is 5.32 Å². The highest BCUT2D eigenvalue weighted by Gasteiger charge is 2.21. The molecule has 0 heterocycles. The molecule has 0 aromatic heterocycles. The molecule has 5 nitrogen and oxygen atoms in total. The van der Waals surface area contributed by atoms with E-state index in [0.29, 0.717) is 18.5 Å². The van der Waals surface area contributed by atoms with Crippen LogP contribution in [-0.2, 0) is 11.2 Å². The summed E-state index contributed by atoms with van der Waals surface area (Å²) in [6.45, 7) is 8.13. The number of rotatable bonds is 11. The minimum Gasteiger partial charge on any atom is -0.478 e. The Hall–Kier alpha value is -2.77. The molecule has 2 atom stereocenters. The van der Waals surface area contributed by atoms with Crippen LogP contribution >= 0.6 is 11.6 Å². The fraction of sp³-hybridized carbons (Fsp3) is 0.345. The fourth-order valence-corrected chi connectivity index (χ4v) is 4.32. The average Bonchev–Trinajstić information content (AvgIpc) is 2.83. The highest BCUT2D eigenvalue weighted by Crippen LogP contribution is 2.31. The Morgan fingerprint density at radius 3 is 2.53 bits per heavy atom. The molecule has 3 rings (SSSR count). The zero-order valence-corrected chi connectivity index (χ0v) is 21.8. The van der Waals surface area contributed by atoms with Crippen LogP contribution in [0, 0.1) is 12.7 Å². The number of carboxylic acid groups (broad SMARTS) is 1. The Morgan fingerprint density at radius 1 is 1.14 bits per heavy atom. The number of aliphatic hydroxyl groups excluding tert-OH is 1. The van der Waals surface area contributed by atoms with Crippen LogP contribution in [0.1, 0.15) is 53.9 Å². The largest absolute Gasteiger partial charge is 0.478 e. The van der Waals surface area contributed by atoms with E-state index in [2.05, 4.69) is 5.32 Å². The Balaban J connectivity index is 1.59. The topological polar surface area (TPSA) is 78.8 Å². The van der Waals surface area contributed by atoms with Gasteiger partial charge in [-0.3, -0.25) is 0 Å². The number of benzene rings is 3. The van der Waals surface area contributed by atoms with Crippen molar-refractivity contribution in [3.05, 3.63) is 93.8 Å². The van der Waals surface area contributed by atoms with Crippen LogP contribution in [0.5, 0.6) is 0 Å². The third kappa shape index (κ3) is 7.37. The van der Waals surface area contributed by atoms with Crippen LogP contribution < -0.4 is 5.32 Å². The molecule has 0 saturated heterocycles. The van der Waals surface area contributed by atoms with Crippen LogP contribution in [0.15, 0.2) is 60.7 Å². The van der Waals surface area contributed by atoms with Gasteiger partial charge in [-0.1, -0.05) is 54.1 Å². The predicted molar refractivity (Wildman–Crippen MR) is 141 cm³/mol. The van der Waals surface area contributed by atoms with Crippen LogP contribution in [0.25, 0.3) is 11.1 Å². The Kier molecular flexibility index (Phi) is 9.25. The Morgan fingerprint density at radius 2 is 1.86 bits per heavy atom. The van der Waals surface area contributed by atoms with Gasteiger partial charge < -0.3 is 20.3 Å². The molecule has 0 spiro atoms. The first kappa shape index (κ1) is 27.8. The van der Waals surface area contributed by atoms with Gasteiger partial charge in [-0.25, -0.2) is 9.18 Å². The number of aliphatic hydroxyl groups is 1. The molecule has 0 saturated carbocycles. The summed E-state index contributed by atoms with van der Waals surface area (Å²) in [5, 5.41) is 23.3. The lowest BCUT2D eigenvalue weighted by atomic mass is 9.94. The molecular formula is C29H33ClFNO4. The molecule has 0 unspecified atom stereocenters. The molecule has 0 aliphatic heterocycles. The Bertz CT molecular complexity index is 1210. The summed E-state index contributed by atoms with van der Waals surface area (Å²) in [6.07, 6.45) is -0.461. The van der Waals surface area contributed by atoms with Crippen molar-refractivity contribution in [2.24, 2.45) is 0 Å². The molecule has 36 heavy (non-hydrogen) atoms. The summed E-state index contributed by atoms with van der Waals surface area (Å²) < 4.78 is 19.8. The van der Waals surface area contributed by atoms with E-state index >= 15 is 0 Å². The second-order valence-corrected chi connectivity index (χ2v) is 10.1. The molecule has 3 aromatic carbocycles. The maximum absolute atomic E-state index is 13.8. The van der Waals surface area contributed by atoms with Crippen molar-refractivity contribution in [1.29, 1.82) is 0 Å². The number of hydrogen-bond donors (Lipinski definition) is 3. The zero-order valence-electron chi connectivity index (χ0n) is 21.0. The van der Waals surface area contributed by atoms with E-state index in [1.54, 1.807) is 31.2 Å². The van der Waals surface area contributed by atoms with Crippen LogP contribution in [0.4, 0.5) is 4.39 Å². The van der Waals surface area contributed by atoms with Gasteiger partial charge in [0.15, 0.2) is 0 Å². The monoisotopic (exact) mass is 513 g/mol. The van der Waals surface area contributed by atoms with Crippen molar-refractivity contribution in [2.45, 2.75) is 51.9 Å². The number of halogens is 2. The van der Waals surface area contributed by atoms with Crippen LogP contribution in [-0.4, -0.2) is 41.0 Å². The molecule has 0 radical (unpaired) electrons. The fourth-order valence-electron chi connectivity index (χ4n) is 4.21. The van der Waals surface area contributed by atoms with Crippen molar-refractivity contribution in [3.63, 3.8) is 0 Å². The number of aryl methyl sites for hydroxylation is 1. The average molecular weight is 514 g/mol. The molecule has 0 amide bonds. The summed E-state index contributed by atoms with van der Waals surface area (Å²) in [4.78, 5) is 11.4. The van der Waals surface area contributed by atoms with Gasteiger partial charge in [0.05, 0.1) is 29.4 Å². The quantitative estimate of drug-likeness (QED) is 0.284. The molecular weight excluding hydrogens is 481 g/mol. The van der Waals surface area contributed by atoms with E-state index in [-0.39, 0.29) is 28.8 Å². The van der Waals surface area contributed by atoms with Crippen molar-refractivity contribution in [2.75, 3.05) is 13.2 Å². The van der Waals surface area contributed by atoms with Gasteiger partial charge in [-0.2, -0.15) is 0 Å². The van der Waals surface area contributed by atoms with Gasteiger partial charge in [-0.15, -0.1) is 0 Å². The number of carbonyl (C=O) groups is 1. The number of β-amino-alcohol motifs (C(OH)–C–C–N with tert-alkyl or cyclic N) is 1. The molecule has 7 heteroatoms. The maximum Gasteiger partial charge on any atom is 0.335 e. The van der Waals surface area contributed by atoms with Gasteiger partial charge in [0.1, 0.15) is 5.82 Å². The number of aromatic carboxylic acids is 1. The summed E-state index contributed by atoms with van der Waals surface area (Å²) in [5.74, 6) is -1.39. The minimum absolute atomic E-state index is 0.0974. The molecule has 0 bridgehead atoms. The van der Waals surface area contributed by atoms with Gasteiger partial charge in [0, 0.05) is 12.1 Å². The first-order valence-corrected chi connectivity index (χ1v) is 12.3. The molecule has 3 aromatic rings. The highest BCUT2D eigenvalue weighted by atomic mass is 35.5. The van der Waals surface area contributed by atoms with Gasteiger partial charge in [0.2, 0.25) is 0 Å². The van der Waals surface area contributed by atoms with Crippen molar-refractivity contribution < 1.29 is 24.1 Å². The molecule has 0 fully saturated rings. The third-order valence-electron chi connectivity index (χ3n) is 6.15. The summed E-state index contributed by atoms with van der Waals surface area (Å²) in [6, 6.07) is 17.9. The van der Waals surface area contributed by atoms with Crippen LogP contribution in [0.3, 0.4) is 0 Å². The summed E-state index contributed by atoms with van der Waals surface area (Å²) in [7, 11) is 0. The third-order valence-corrected chi connectivity index (χ3v) is 6.46. The van der Waals surface area contributed by atoms with E-state index in [1.807, 2.05) is 51.1 Å². The summed E-state index contributed by atoms with van der Waals surface area (Å²) in [5.41, 5.74) is 4.22. The normalized spacial score (nSPS) is 13.4. The van der Waals surface area contributed by atoms with E-state index < -0.39 is 17.9 Å². The first-order chi connectivity index (χ1) is 17.0. The predicted octanol–water partition coefficient (Wildman–Crippen LogP) is 6.20. The van der Waals surface area contributed by atoms with E-state index in [1.165, 1.54) is 6.07 Å². The molecule has 3 N–H and O–H groups in total. The second-order valence-electron chi connectivity index (χ2n) is 9.74. The maximum atomic E-state index is 13.8. The lowest BCUT2D eigenvalue weighted by molar-refractivity contribution is -0.00397. The smallest absolute Gasteiger partial charge is 0.335 e. The SMILES string of the molecule is Cc1cc(-c2ccccc2[C@@H](C)OC[C@@H](O)CNC(C)(C)Cc2ccc(Cl)c(F)c2)ccc1C(=O)O. The van der Waals surface area contributed by atoms with E-state index in [9.17, 15) is 19.4 Å². The van der Waals surface area contributed by atoms with Crippen molar-refractivity contribution >= 4 is 17.6 Å².